The highest BCUT2D eigenvalue weighted by atomic mass is 16.4. The molecule has 0 aliphatic rings. The minimum Gasteiger partial charge on any atom is -0.480 e. The zero-order valence-electron chi connectivity index (χ0n) is 8.58. The summed E-state index contributed by atoms with van der Waals surface area (Å²) in [5.41, 5.74) is 4.88. The van der Waals surface area contributed by atoms with Gasteiger partial charge in [-0.05, 0) is 11.6 Å². The molecular weight excluding hydrogens is 232 g/mol. The molecule has 0 saturated carbocycles. The van der Waals surface area contributed by atoms with Gasteiger partial charge >= 0.3 is 5.97 Å². The number of nitrogens with one attached hydrogen (secondary N) is 2. The molecule has 1 atom stereocenters. The van der Waals surface area contributed by atoms with Gasteiger partial charge < -0.3 is 16.2 Å². The Bertz CT molecular complexity index is 416. The molecule has 0 unspecified atom stereocenters. The van der Waals surface area contributed by atoms with Crippen molar-refractivity contribution in [1.82, 2.24) is 25.9 Å². The van der Waals surface area contributed by atoms with Crippen LogP contribution in [-0.2, 0) is 9.59 Å². The Kier molecular flexibility index (Phi) is 4.08. The van der Waals surface area contributed by atoms with Gasteiger partial charge in [0.2, 0.25) is 5.91 Å². The summed E-state index contributed by atoms with van der Waals surface area (Å²) < 4.78 is 0. The van der Waals surface area contributed by atoms with Crippen molar-refractivity contribution in [3.05, 3.63) is 5.82 Å². The second-order valence-corrected chi connectivity index (χ2v) is 3.10. The number of H-pyrrole nitrogens is 1. The van der Waals surface area contributed by atoms with Gasteiger partial charge in [0.05, 0.1) is 0 Å². The van der Waals surface area contributed by atoms with Crippen molar-refractivity contribution >= 4 is 17.8 Å². The Hall–Kier alpha value is -2.52. The molecule has 0 saturated heterocycles. The van der Waals surface area contributed by atoms with Crippen molar-refractivity contribution in [1.29, 1.82) is 0 Å². The van der Waals surface area contributed by atoms with Crippen molar-refractivity contribution in [2.75, 3.05) is 0 Å². The maximum absolute atomic E-state index is 11.4. The Morgan fingerprint density at radius 1 is 1.47 bits per heavy atom. The van der Waals surface area contributed by atoms with Crippen LogP contribution in [0.4, 0.5) is 0 Å². The molecule has 0 spiro atoms. The minimum absolute atomic E-state index is 0.103. The van der Waals surface area contributed by atoms with E-state index in [0.29, 0.717) is 0 Å². The number of tetrazole rings is 1. The van der Waals surface area contributed by atoms with Crippen LogP contribution in [0.25, 0.3) is 0 Å². The Morgan fingerprint density at radius 2 is 2.18 bits per heavy atom. The maximum Gasteiger partial charge on any atom is 0.326 e. The summed E-state index contributed by atoms with van der Waals surface area (Å²) >= 11 is 0. The number of carbonyl (C=O) groups excluding carboxylic acids is 2. The zero-order chi connectivity index (χ0) is 12.8. The largest absolute Gasteiger partial charge is 0.480 e. The Balaban J connectivity index is 2.58. The van der Waals surface area contributed by atoms with Gasteiger partial charge in [0.1, 0.15) is 6.04 Å². The van der Waals surface area contributed by atoms with Crippen molar-refractivity contribution in [3.8, 4) is 0 Å². The molecule has 5 N–H and O–H groups in total. The van der Waals surface area contributed by atoms with Crippen molar-refractivity contribution in [3.63, 3.8) is 0 Å². The lowest BCUT2D eigenvalue weighted by atomic mass is 10.1. The fraction of sp³-hybridized carbons (Fsp3) is 0.429. The second-order valence-electron chi connectivity index (χ2n) is 3.10. The van der Waals surface area contributed by atoms with E-state index in [1.807, 2.05) is 0 Å². The van der Waals surface area contributed by atoms with E-state index in [1.165, 1.54) is 0 Å². The van der Waals surface area contributed by atoms with Gasteiger partial charge in [-0.15, -0.1) is 10.2 Å². The maximum atomic E-state index is 11.4. The monoisotopic (exact) mass is 242 g/mol. The van der Waals surface area contributed by atoms with Crippen molar-refractivity contribution in [2.45, 2.75) is 18.9 Å². The van der Waals surface area contributed by atoms with Gasteiger partial charge in [0.15, 0.2) is 0 Å². The molecule has 10 nitrogen and oxygen atoms in total. The molecule has 1 aromatic rings. The van der Waals surface area contributed by atoms with Gasteiger partial charge in [-0.2, -0.15) is 5.21 Å². The van der Waals surface area contributed by atoms with Crippen LogP contribution in [0.3, 0.4) is 0 Å². The van der Waals surface area contributed by atoms with E-state index in [1.54, 1.807) is 0 Å². The van der Waals surface area contributed by atoms with Gasteiger partial charge in [-0.3, -0.25) is 9.59 Å². The molecule has 0 aromatic carbocycles. The molecule has 0 aliphatic heterocycles. The summed E-state index contributed by atoms with van der Waals surface area (Å²) in [6.07, 6.45) is -0.252. The third kappa shape index (κ3) is 3.85. The quantitative estimate of drug-likeness (QED) is 0.433. The predicted molar refractivity (Wildman–Crippen MR) is 51.5 cm³/mol. The van der Waals surface area contributed by atoms with Gasteiger partial charge in [0, 0.05) is 6.42 Å². The molecule has 0 aliphatic carbocycles. The van der Waals surface area contributed by atoms with E-state index in [9.17, 15) is 14.4 Å². The molecule has 0 bridgehead atoms. The van der Waals surface area contributed by atoms with Crippen molar-refractivity contribution in [2.24, 2.45) is 5.73 Å². The van der Waals surface area contributed by atoms with E-state index in [-0.39, 0.29) is 18.7 Å². The number of carbonyl (C=O) groups is 3. The molecule has 0 radical (unpaired) electrons. The third-order valence-electron chi connectivity index (χ3n) is 1.83. The molecular formula is C7H10N6O4. The fourth-order valence-corrected chi connectivity index (χ4v) is 1.02. The first kappa shape index (κ1) is 12.5. The molecule has 0 fully saturated rings. The van der Waals surface area contributed by atoms with Crippen molar-refractivity contribution < 1.29 is 19.5 Å². The molecule has 1 rings (SSSR count). The fourth-order valence-electron chi connectivity index (χ4n) is 1.02. The number of rotatable bonds is 6. The highest BCUT2D eigenvalue weighted by Gasteiger charge is 2.22. The number of aliphatic carboxylic acids is 1. The molecule has 1 aromatic heterocycles. The lowest BCUT2D eigenvalue weighted by Gasteiger charge is -2.11. The normalized spacial score (nSPS) is 11.8. The standard InChI is InChI=1S/C7H10N6O4/c8-4(14)2-1-3(7(16)17)9-6(15)5-10-12-13-11-5/h3H,1-2H2,(H2,8,14)(H,9,15)(H,16,17)(H,10,11,12,13)/t3-/m0/s1. The molecule has 2 amide bonds. The summed E-state index contributed by atoms with van der Waals surface area (Å²) in [5, 5.41) is 22.9. The number of nitrogens with zero attached hydrogens (tertiary/aromatic N) is 3. The van der Waals surface area contributed by atoms with Crippen LogP contribution in [0.2, 0.25) is 0 Å². The number of hydrogen-bond donors (Lipinski definition) is 4. The third-order valence-corrected chi connectivity index (χ3v) is 1.83. The van der Waals surface area contributed by atoms with Crippen LogP contribution in [0.5, 0.6) is 0 Å². The molecule has 1 heterocycles. The predicted octanol–water partition coefficient (Wildman–Crippen LogP) is -2.35. The second kappa shape index (κ2) is 5.53. The number of amides is 2. The van der Waals surface area contributed by atoms with Gasteiger partial charge in [0.25, 0.3) is 11.7 Å². The highest BCUT2D eigenvalue weighted by molar-refractivity contribution is 5.93. The van der Waals surface area contributed by atoms with Crippen LogP contribution in [0.1, 0.15) is 23.5 Å². The smallest absolute Gasteiger partial charge is 0.326 e. The van der Waals surface area contributed by atoms with Gasteiger partial charge in [-0.1, -0.05) is 0 Å². The van der Waals surface area contributed by atoms with Crippen LogP contribution >= 0.6 is 0 Å². The van der Waals surface area contributed by atoms with Crippen LogP contribution in [-0.4, -0.2) is 49.6 Å². The first-order valence-electron chi connectivity index (χ1n) is 4.56. The number of aromatic nitrogens is 4. The minimum atomic E-state index is -1.27. The number of carboxylic acid groups (broad SMARTS) is 1. The van der Waals surface area contributed by atoms with E-state index < -0.39 is 23.8 Å². The topological polar surface area (TPSA) is 164 Å². The summed E-state index contributed by atoms with van der Waals surface area (Å²) in [7, 11) is 0. The van der Waals surface area contributed by atoms with Crippen LogP contribution < -0.4 is 11.1 Å². The highest BCUT2D eigenvalue weighted by Crippen LogP contribution is 1.98. The lowest BCUT2D eigenvalue weighted by Crippen LogP contribution is -2.41. The van der Waals surface area contributed by atoms with E-state index in [0.717, 1.165) is 0 Å². The number of hydrogen-bond acceptors (Lipinski definition) is 6. The number of aromatic amines is 1. The number of nitrogens with two attached hydrogens (primary N) is 1. The molecule has 92 valence electrons. The first-order valence-corrected chi connectivity index (χ1v) is 4.56. The summed E-state index contributed by atoms with van der Waals surface area (Å²) in [6.45, 7) is 0. The summed E-state index contributed by atoms with van der Waals surface area (Å²) in [6, 6.07) is -1.23. The average molecular weight is 242 g/mol. The average Bonchev–Trinajstić information content (AvgIpc) is 2.76. The lowest BCUT2D eigenvalue weighted by molar-refractivity contribution is -0.139. The molecule has 10 heteroatoms. The van der Waals surface area contributed by atoms with E-state index in [2.05, 4.69) is 25.9 Å². The Morgan fingerprint density at radius 3 is 2.65 bits per heavy atom. The van der Waals surface area contributed by atoms with Gasteiger partial charge in [-0.25, -0.2) is 4.79 Å². The number of primary amides is 1. The number of carboxylic acids is 1. The van der Waals surface area contributed by atoms with Crippen LogP contribution in [0.15, 0.2) is 0 Å². The van der Waals surface area contributed by atoms with E-state index in [4.69, 9.17) is 10.8 Å². The van der Waals surface area contributed by atoms with E-state index >= 15 is 0 Å². The zero-order valence-corrected chi connectivity index (χ0v) is 8.58. The Labute approximate surface area is 94.6 Å². The SMILES string of the molecule is NC(=O)CC[C@H](NC(=O)c1nn[nH]n1)C(=O)O. The van der Waals surface area contributed by atoms with Crippen LogP contribution in [0, 0.1) is 0 Å². The molecule has 17 heavy (non-hydrogen) atoms. The summed E-state index contributed by atoms with van der Waals surface area (Å²) in [5.74, 6) is -3.00. The summed E-state index contributed by atoms with van der Waals surface area (Å²) in [4.78, 5) is 32.7. The first-order chi connectivity index (χ1) is 8.00.